The van der Waals surface area contributed by atoms with Gasteiger partial charge in [-0.15, -0.1) is 0 Å². The van der Waals surface area contributed by atoms with E-state index in [2.05, 4.69) is 13.8 Å². The largest absolute Gasteiger partial charge is 0.472 e. The van der Waals surface area contributed by atoms with Crippen LogP contribution < -0.4 is 5.73 Å². The maximum absolute atomic E-state index is 12.7. The third kappa shape index (κ3) is 56.2. The maximum atomic E-state index is 12.7. The Balaban J connectivity index is 3.85. The SMILES string of the molecule is CCCCCCCCCCCCCCCCCCCCCCCCCCCCCCCC(=O)OC(COC(=O)CCCCCCCCCCCCCCCCCCCCC)COP(=O)(O)OCCN. The number of esters is 2. The van der Waals surface area contributed by atoms with E-state index in [1.807, 2.05) is 0 Å². The predicted octanol–water partition coefficient (Wildman–Crippen LogP) is 19.1. The summed E-state index contributed by atoms with van der Waals surface area (Å²) >= 11 is 0. The van der Waals surface area contributed by atoms with Crippen molar-refractivity contribution < 1.29 is 37.6 Å². The van der Waals surface area contributed by atoms with Crippen molar-refractivity contribution in [3.05, 3.63) is 0 Å². The second kappa shape index (κ2) is 56.3. The number of phosphoric ester groups is 1. The van der Waals surface area contributed by atoms with Crippen LogP contribution in [0.3, 0.4) is 0 Å². The Morgan fingerprint density at radius 3 is 0.884 bits per heavy atom. The van der Waals surface area contributed by atoms with E-state index in [0.29, 0.717) is 6.42 Å². The van der Waals surface area contributed by atoms with Crippen LogP contribution in [0.4, 0.5) is 0 Å². The topological polar surface area (TPSA) is 134 Å². The van der Waals surface area contributed by atoms with Crippen molar-refractivity contribution in [3.63, 3.8) is 0 Å². The first-order valence-corrected chi connectivity index (χ1v) is 32.0. The molecule has 0 aromatic heterocycles. The minimum absolute atomic E-state index is 0.0586. The summed E-state index contributed by atoms with van der Waals surface area (Å²) in [7, 11) is -4.38. The summed E-state index contributed by atoms with van der Waals surface area (Å²) in [4.78, 5) is 35.2. The third-order valence-electron chi connectivity index (χ3n) is 14.0. The molecule has 0 aliphatic carbocycles. The van der Waals surface area contributed by atoms with Crippen LogP contribution in [0.2, 0.25) is 0 Å². The van der Waals surface area contributed by atoms with Crippen molar-refractivity contribution >= 4 is 19.8 Å². The molecule has 0 fully saturated rings. The number of unbranched alkanes of at least 4 members (excludes halogenated alkanes) is 46. The van der Waals surface area contributed by atoms with Gasteiger partial charge in [0.05, 0.1) is 13.2 Å². The monoisotopic (exact) mass is 1000 g/mol. The molecule has 2 unspecified atom stereocenters. The van der Waals surface area contributed by atoms with Crippen LogP contribution in [0, 0.1) is 0 Å². The van der Waals surface area contributed by atoms with Crippen molar-refractivity contribution in [2.24, 2.45) is 5.73 Å². The molecule has 0 saturated carbocycles. The minimum Gasteiger partial charge on any atom is -0.462 e. The van der Waals surface area contributed by atoms with Gasteiger partial charge in [0.1, 0.15) is 6.61 Å². The first-order chi connectivity index (χ1) is 33.8. The van der Waals surface area contributed by atoms with Gasteiger partial charge in [0.15, 0.2) is 6.10 Å². The van der Waals surface area contributed by atoms with E-state index in [-0.39, 0.29) is 38.6 Å². The molecular formula is C59H118NO8P. The van der Waals surface area contributed by atoms with Gasteiger partial charge in [-0.1, -0.05) is 309 Å². The van der Waals surface area contributed by atoms with Gasteiger partial charge in [-0.05, 0) is 12.8 Å². The van der Waals surface area contributed by atoms with Gasteiger partial charge in [-0.2, -0.15) is 0 Å². The fourth-order valence-electron chi connectivity index (χ4n) is 9.46. The molecule has 0 saturated heterocycles. The molecule has 0 bridgehead atoms. The summed E-state index contributed by atoms with van der Waals surface area (Å²) in [5.74, 6) is -0.801. The number of hydrogen-bond donors (Lipinski definition) is 2. The zero-order chi connectivity index (χ0) is 50.2. The zero-order valence-electron chi connectivity index (χ0n) is 46.1. The highest BCUT2D eigenvalue weighted by Crippen LogP contribution is 2.43. The lowest BCUT2D eigenvalue weighted by Crippen LogP contribution is -2.29. The van der Waals surface area contributed by atoms with E-state index in [9.17, 15) is 19.0 Å². The summed E-state index contributed by atoms with van der Waals surface area (Å²) in [5, 5.41) is 0. The molecule has 0 amide bonds. The summed E-state index contributed by atoms with van der Waals surface area (Å²) < 4.78 is 33.1. The third-order valence-corrected chi connectivity index (χ3v) is 15.0. The van der Waals surface area contributed by atoms with Crippen molar-refractivity contribution in [2.45, 2.75) is 341 Å². The van der Waals surface area contributed by atoms with Crippen molar-refractivity contribution in [1.29, 1.82) is 0 Å². The molecule has 0 spiro atoms. The highest BCUT2D eigenvalue weighted by molar-refractivity contribution is 7.47. The van der Waals surface area contributed by atoms with Crippen LogP contribution >= 0.6 is 7.82 Å². The van der Waals surface area contributed by atoms with E-state index >= 15 is 0 Å². The van der Waals surface area contributed by atoms with Gasteiger partial charge in [-0.3, -0.25) is 18.6 Å². The Hall–Kier alpha value is -0.990. The van der Waals surface area contributed by atoms with E-state index in [1.54, 1.807) is 0 Å². The summed E-state index contributed by atoms with van der Waals surface area (Å²) in [6.45, 7) is 3.83. The van der Waals surface area contributed by atoms with E-state index in [1.165, 1.54) is 270 Å². The van der Waals surface area contributed by atoms with Gasteiger partial charge < -0.3 is 20.1 Å². The Morgan fingerprint density at radius 1 is 0.377 bits per heavy atom. The van der Waals surface area contributed by atoms with Crippen molar-refractivity contribution in [2.75, 3.05) is 26.4 Å². The van der Waals surface area contributed by atoms with Gasteiger partial charge in [0, 0.05) is 19.4 Å². The molecule has 3 N–H and O–H groups in total. The summed E-state index contributed by atoms with van der Waals surface area (Å²) in [6.07, 6.45) is 63.2. The Bertz CT molecular complexity index is 1090. The molecule has 0 rings (SSSR count). The standard InChI is InChI=1S/C59H118NO8P/c1-3-5-7-9-11-13-15-17-19-21-23-24-25-26-27-28-29-30-31-32-34-36-38-40-42-44-46-48-50-52-59(62)68-57(56-67-69(63,64)66-54-53-60)55-65-58(61)51-49-47-45-43-41-39-37-35-33-22-20-18-16-14-12-10-8-6-4-2/h57H,3-56,60H2,1-2H3,(H,63,64). The number of rotatable bonds is 59. The van der Waals surface area contributed by atoms with Crippen LogP contribution in [-0.4, -0.2) is 49.3 Å². The molecule has 0 aliphatic rings. The molecule has 0 heterocycles. The lowest BCUT2D eigenvalue weighted by Gasteiger charge is -2.19. The van der Waals surface area contributed by atoms with Gasteiger partial charge >= 0.3 is 19.8 Å². The molecule has 9 nitrogen and oxygen atoms in total. The van der Waals surface area contributed by atoms with Crippen LogP contribution in [0.5, 0.6) is 0 Å². The average Bonchev–Trinajstić information content (AvgIpc) is 3.34. The normalized spacial score (nSPS) is 12.9. The lowest BCUT2D eigenvalue weighted by molar-refractivity contribution is -0.161. The molecule has 0 aliphatic heterocycles. The summed E-state index contributed by atoms with van der Waals surface area (Å²) in [5.41, 5.74) is 5.39. The Labute approximate surface area is 428 Å². The highest BCUT2D eigenvalue weighted by Gasteiger charge is 2.26. The molecule has 2 atom stereocenters. The van der Waals surface area contributed by atoms with E-state index in [0.717, 1.165) is 32.1 Å². The smallest absolute Gasteiger partial charge is 0.462 e. The lowest BCUT2D eigenvalue weighted by atomic mass is 10.0. The first kappa shape index (κ1) is 68.0. The van der Waals surface area contributed by atoms with Crippen LogP contribution in [0.1, 0.15) is 335 Å². The molecular weight excluding hydrogens is 882 g/mol. The highest BCUT2D eigenvalue weighted by atomic mass is 31.2. The molecule has 0 aromatic rings. The quantitative estimate of drug-likeness (QED) is 0.0347. The van der Waals surface area contributed by atoms with Crippen molar-refractivity contribution in [3.8, 4) is 0 Å². The van der Waals surface area contributed by atoms with Crippen LogP contribution in [0.15, 0.2) is 0 Å². The molecule has 10 heteroatoms. The predicted molar refractivity (Wildman–Crippen MR) is 294 cm³/mol. The maximum Gasteiger partial charge on any atom is 0.472 e. The fourth-order valence-corrected chi connectivity index (χ4v) is 10.2. The number of ether oxygens (including phenoxy) is 2. The molecule has 0 aromatic carbocycles. The summed E-state index contributed by atoms with van der Waals surface area (Å²) in [6, 6.07) is 0. The Kier molecular flexibility index (Phi) is 55.5. The Morgan fingerprint density at radius 2 is 0.623 bits per heavy atom. The number of hydrogen-bond acceptors (Lipinski definition) is 8. The molecule has 69 heavy (non-hydrogen) atoms. The average molecular weight is 1000 g/mol. The second-order valence-electron chi connectivity index (χ2n) is 20.9. The van der Waals surface area contributed by atoms with Crippen LogP contribution in [-0.2, 0) is 32.7 Å². The van der Waals surface area contributed by atoms with E-state index < -0.39 is 26.5 Å². The van der Waals surface area contributed by atoms with Gasteiger partial charge in [0.2, 0.25) is 0 Å². The second-order valence-corrected chi connectivity index (χ2v) is 22.4. The minimum atomic E-state index is -4.38. The molecule has 412 valence electrons. The van der Waals surface area contributed by atoms with Gasteiger partial charge in [0.25, 0.3) is 0 Å². The van der Waals surface area contributed by atoms with E-state index in [4.69, 9.17) is 24.3 Å². The number of nitrogens with two attached hydrogens (primary N) is 1. The number of carbonyl (C=O) groups excluding carboxylic acids is 2. The van der Waals surface area contributed by atoms with Gasteiger partial charge in [-0.25, -0.2) is 4.57 Å². The first-order valence-electron chi connectivity index (χ1n) is 30.5. The van der Waals surface area contributed by atoms with Crippen LogP contribution in [0.25, 0.3) is 0 Å². The van der Waals surface area contributed by atoms with Crippen molar-refractivity contribution in [1.82, 2.24) is 0 Å². The number of carbonyl (C=O) groups is 2. The zero-order valence-corrected chi connectivity index (χ0v) is 47.0. The number of phosphoric acid groups is 1. The molecule has 0 radical (unpaired) electrons. The fraction of sp³-hybridized carbons (Fsp3) is 0.966.